The molecule has 1 aromatic rings. The number of amides is 1. The molecule has 6 nitrogen and oxygen atoms in total. The summed E-state index contributed by atoms with van der Waals surface area (Å²) in [5.74, 6) is 1.13. The van der Waals surface area contributed by atoms with Crippen LogP contribution >= 0.6 is 0 Å². The highest BCUT2D eigenvalue weighted by Gasteiger charge is 2.34. The van der Waals surface area contributed by atoms with E-state index in [9.17, 15) is 4.79 Å². The molecule has 1 unspecified atom stereocenters. The van der Waals surface area contributed by atoms with Crippen LogP contribution in [-0.4, -0.2) is 54.1 Å². The molecular weight excluding hydrogens is 256 g/mol. The van der Waals surface area contributed by atoms with E-state index >= 15 is 0 Å². The van der Waals surface area contributed by atoms with Gasteiger partial charge in [0.1, 0.15) is 11.5 Å². The predicted molar refractivity (Wildman–Crippen MR) is 76.7 cm³/mol. The van der Waals surface area contributed by atoms with Gasteiger partial charge < -0.3 is 15.0 Å². The lowest BCUT2D eigenvalue weighted by molar-refractivity contribution is 0.0588. The quantitative estimate of drug-likeness (QED) is 0.816. The molecular formula is C14H22N4O2. The van der Waals surface area contributed by atoms with Gasteiger partial charge in [0.25, 0.3) is 5.91 Å². The molecule has 1 fully saturated rings. The molecule has 20 heavy (non-hydrogen) atoms. The minimum atomic E-state index is -0.0777. The first kappa shape index (κ1) is 14.7. The maximum Gasteiger partial charge on any atom is 0.274 e. The Labute approximate surface area is 119 Å². The molecule has 1 amide bonds. The van der Waals surface area contributed by atoms with Gasteiger partial charge in [0.15, 0.2) is 0 Å². The average molecular weight is 278 g/mol. The number of carbonyl (C=O) groups is 1. The van der Waals surface area contributed by atoms with Crippen LogP contribution in [0.5, 0.6) is 0 Å². The van der Waals surface area contributed by atoms with Gasteiger partial charge in [-0.2, -0.15) is 0 Å². The Morgan fingerprint density at radius 2 is 2.30 bits per heavy atom. The number of anilines is 1. The monoisotopic (exact) mass is 278 g/mol. The summed E-state index contributed by atoms with van der Waals surface area (Å²) in [6.07, 6.45) is 5.50. The van der Waals surface area contributed by atoms with Gasteiger partial charge in [0.05, 0.1) is 19.0 Å². The predicted octanol–water partition coefficient (Wildman–Crippen LogP) is 1.41. The van der Waals surface area contributed by atoms with Crippen LogP contribution in [0.25, 0.3) is 0 Å². The van der Waals surface area contributed by atoms with Crippen molar-refractivity contribution in [1.29, 1.82) is 0 Å². The molecule has 1 saturated carbocycles. The number of aromatic nitrogens is 2. The fourth-order valence-electron chi connectivity index (χ4n) is 2.25. The maximum absolute atomic E-state index is 12.6. The first-order valence-electron chi connectivity index (χ1n) is 6.97. The summed E-state index contributed by atoms with van der Waals surface area (Å²) in [5, 5.41) is 2.90. The zero-order chi connectivity index (χ0) is 14.5. The summed E-state index contributed by atoms with van der Waals surface area (Å²) >= 11 is 0. The summed E-state index contributed by atoms with van der Waals surface area (Å²) in [5.41, 5.74) is 0.375. The molecule has 0 aliphatic heterocycles. The Kier molecular flexibility index (Phi) is 4.89. The summed E-state index contributed by atoms with van der Waals surface area (Å²) in [6.45, 7) is 3.21. The third kappa shape index (κ3) is 3.45. The largest absolute Gasteiger partial charge is 0.383 e. The van der Waals surface area contributed by atoms with Crippen molar-refractivity contribution in [1.82, 2.24) is 14.9 Å². The van der Waals surface area contributed by atoms with Gasteiger partial charge in [0.2, 0.25) is 0 Å². The van der Waals surface area contributed by atoms with Gasteiger partial charge in [-0.15, -0.1) is 0 Å². The van der Waals surface area contributed by atoms with E-state index in [1.54, 1.807) is 20.4 Å². The number of hydrogen-bond donors (Lipinski definition) is 1. The van der Waals surface area contributed by atoms with Crippen molar-refractivity contribution in [3.63, 3.8) is 0 Å². The molecule has 1 aliphatic rings. The van der Waals surface area contributed by atoms with Crippen LogP contribution in [0.15, 0.2) is 12.4 Å². The molecule has 1 heterocycles. The average Bonchev–Trinajstić information content (AvgIpc) is 3.32. The first-order chi connectivity index (χ1) is 9.67. The van der Waals surface area contributed by atoms with Crippen LogP contribution in [-0.2, 0) is 4.74 Å². The maximum atomic E-state index is 12.6. The molecule has 110 valence electrons. The van der Waals surface area contributed by atoms with E-state index < -0.39 is 0 Å². The molecule has 6 heteroatoms. The number of nitrogens with zero attached hydrogens (tertiary/aromatic N) is 3. The molecule has 0 radical (unpaired) electrons. The zero-order valence-electron chi connectivity index (χ0n) is 12.3. The summed E-state index contributed by atoms with van der Waals surface area (Å²) in [4.78, 5) is 22.8. The SMILES string of the molecule is CNc1cncc(C(=O)N(CCOC)C(C)C2CC2)n1. The Hall–Kier alpha value is -1.69. The second-order valence-electron chi connectivity index (χ2n) is 5.11. The number of ether oxygens (including phenoxy) is 1. The van der Waals surface area contributed by atoms with Gasteiger partial charge in [-0.25, -0.2) is 4.98 Å². The van der Waals surface area contributed by atoms with E-state index in [-0.39, 0.29) is 11.9 Å². The van der Waals surface area contributed by atoms with Crippen LogP contribution in [0.1, 0.15) is 30.3 Å². The zero-order valence-corrected chi connectivity index (χ0v) is 12.3. The third-order valence-corrected chi connectivity index (χ3v) is 3.70. The van der Waals surface area contributed by atoms with E-state index in [1.807, 2.05) is 4.90 Å². The minimum Gasteiger partial charge on any atom is -0.383 e. The van der Waals surface area contributed by atoms with Crippen LogP contribution in [0.4, 0.5) is 5.82 Å². The Bertz CT molecular complexity index is 462. The van der Waals surface area contributed by atoms with Crippen LogP contribution < -0.4 is 5.32 Å². The lowest BCUT2D eigenvalue weighted by atomic mass is 10.1. The smallest absolute Gasteiger partial charge is 0.274 e. The van der Waals surface area contributed by atoms with Crippen molar-refractivity contribution in [2.75, 3.05) is 32.6 Å². The first-order valence-corrected chi connectivity index (χ1v) is 6.97. The van der Waals surface area contributed by atoms with Crippen molar-refractivity contribution < 1.29 is 9.53 Å². The summed E-state index contributed by atoms with van der Waals surface area (Å²) in [6, 6.07) is 0.220. The van der Waals surface area contributed by atoms with Gasteiger partial charge in [-0.1, -0.05) is 0 Å². The number of rotatable bonds is 7. The number of hydrogen-bond acceptors (Lipinski definition) is 5. The fourth-order valence-corrected chi connectivity index (χ4v) is 2.25. The van der Waals surface area contributed by atoms with Crippen LogP contribution in [0.3, 0.4) is 0 Å². The second kappa shape index (κ2) is 6.65. The normalized spacial score (nSPS) is 15.8. The van der Waals surface area contributed by atoms with E-state index in [1.165, 1.54) is 19.0 Å². The van der Waals surface area contributed by atoms with Gasteiger partial charge >= 0.3 is 0 Å². The Balaban J connectivity index is 2.15. The summed E-state index contributed by atoms with van der Waals surface area (Å²) in [7, 11) is 3.40. The molecule has 0 aromatic carbocycles. The van der Waals surface area contributed by atoms with Crippen molar-refractivity contribution >= 4 is 11.7 Å². The van der Waals surface area contributed by atoms with E-state index in [0.717, 1.165) is 0 Å². The molecule has 0 saturated heterocycles. The fraction of sp³-hybridized carbons (Fsp3) is 0.643. The van der Waals surface area contributed by atoms with Crippen molar-refractivity contribution in [2.24, 2.45) is 5.92 Å². The van der Waals surface area contributed by atoms with E-state index in [4.69, 9.17) is 4.74 Å². The Morgan fingerprint density at radius 1 is 1.55 bits per heavy atom. The topological polar surface area (TPSA) is 67.4 Å². The van der Waals surface area contributed by atoms with Crippen LogP contribution in [0, 0.1) is 5.92 Å². The Morgan fingerprint density at radius 3 is 2.90 bits per heavy atom. The minimum absolute atomic E-state index is 0.0777. The molecule has 1 N–H and O–H groups in total. The highest BCUT2D eigenvalue weighted by Crippen LogP contribution is 2.35. The highest BCUT2D eigenvalue weighted by atomic mass is 16.5. The van der Waals surface area contributed by atoms with Crippen molar-refractivity contribution in [3.05, 3.63) is 18.1 Å². The van der Waals surface area contributed by atoms with Crippen LogP contribution in [0.2, 0.25) is 0 Å². The molecule has 1 aromatic heterocycles. The van der Waals surface area contributed by atoms with Crippen molar-refractivity contribution in [3.8, 4) is 0 Å². The molecule has 1 aliphatic carbocycles. The standard InChI is InChI=1S/C14H22N4O2/c1-10(11-4-5-11)18(6-7-20-3)14(19)12-8-16-9-13(15-2)17-12/h8-11H,4-7H2,1-3H3,(H,15,17). The van der Waals surface area contributed by atoms with E-state index in [2.05, 4.69) is 22.2 Å². The number of methoxy groups -OCH3 is 1. The highest BCUT2D eigenvalue weighted by molar-refractivity contribution is 5.92. The van der Waals surface area contributed by atoms with Crippen molar-refractivity contribution in [2.45, 2.75) is 25.8 Å². The van der Waals surface area contributed by atoms with Gasteiger partial charge in [0, 0.05) is 26.7 Å². The van der Waals surface area contributed by atoms with E-state index in [0.29, 0.717) is 30.6 Å². The summed E-state index contributed by atoms with van der Waals surface area (Å²) < 4.78 is 5.11. The molecule has 0 bridgehead atoms. The second-order valence-corrected chi connectivity index (χ2v) is 5.11. The number of nitrogens with one attached hydrogen (secondary N) is 1. The number of carbonyl (C=O) groups excluding carboxylic acids is 1. The third-order valence-electron chi connectivity index (χ3n) is 3.70. The van der Waals surface area contributed by atoms with Gasteiger partial charge in [-0.3, -0.25) is 9.78 Å². The molecule has 0 spiro atoms. The van der Waals surface area contributed by atoms with Gasteiger partial charge in [-0.05, 0) is 25.7 Å². The lowest BCUT2D eigenvalue weighted by Crippen LogP contribution is -2.42. The molecule has 1 atom stereocenters. The lowest BCUT2D eigenvalue weighted by Gasteiger charge is -2.29. The molecule has 2 rings (SSSR count).